The zero-order chi connectivity index (χ0) is 15.2. The normalized spacial score (nSPS) is 17.4. The predicted octanol–water partition coefficient (Wildman–Crippen LogP) is 3.51. The number of nitrogens with zero attached hydrogens (tertiary/aromatic N) is 1. The molecule has 2 heterocycles. The topological polar surface area (TPSA) is 55.0 Å². The van der Waals surface area contributed by atoms with E-state index in [1.165, 1.54) is 0 Å². The highest BCUT2D eigenvalue weighted by molar-refractivity contribution is 9.10. The molecule has 1 unspecified atom stereocenters. The number of aromatic nitrogens is 2. The molecule has 0 radical (unpaired) electrons. The van der Waals surface area contributed by atoms with Crippen LogP contribution in [0.5, 0.6) is 5.75 Å². The molecule has 0 bridgehead atoms. The first-order valence-electron chi connectivity index (χ1n) is 6.91. The summed E-state index contributed by atoms with van der Waals surface area (Å²) in [6.45, 7) is 6.11. The lowest BCUT2D eigenvalue weighted by Crippen LogP contribution is -2.25. The van der Waals surface area contributed by atoms with E-state index >= 15 is 0 Å². The minimum atomic E-state index is -0.232. The number of nitrogens with one attached hydrogen (secondary N) is 1. The second kappa shape index (κ2) is 4.98. The van der Waals surface area contributed by atoms with Crippen molar-refractivity contribution in [1.29, 1.82) is 0 Å². The van der Waals surface area contributed by atoms with Gasteiger partial charge in [0.25, 0.3) is 5.56 Å². The van der Waals surface area contributed by atoms with Crippen molar-refractivity contribution in [1.82, 2.24) is 9.97 Å². The Labute approximate surface area is 131 Å². The predicted molar refractivity (Wildman–Crippen MR) is 84.8 cm³/mol. The van der Waals surface area contributed by atoms with Crippen LogP contribution < -0.4 is 10.3 Å². The molecule has 0 saturated carbocycles. The van der Waals surface area contributed by atoms with Gasteiger partial charge in [-0.2, -0.15) is 0 Å². The van der Waals surface area contributed by atoms with E-state index in [9.17, 15) is 4.79 Å². The number of para-hydroxylation sites is 1. The van der Waals surface area contributed by atoms with Crippen molar-refractivity contribution in [2.75, 3.05) is 0 Å². The zero-order valence-corrected chi connectivity index (χ0v) is 13.8. The fraction of sp³-hybridized carbons (Fsp3) is 0.375. The molecule has 0 saturated heterocycles. The van der Waals surface area contributed by atoms with Crippen molar-refractivity contribution in [3.8, 4) is 5.75 Å². The van der Waals surface area contributed by atoms with Crippen molar-refractivity contribution in [2.24, 2.45) is 0 Å². The number of halogens is 1. The van der Waals surface area contributed by atoms with Crippen molar-refractivity contribution < 1.29 is 4.74 Å². The molecule has 0 amide bonds. The smallest absolute Gasteiger partial charge is 0.265 e. The number of hydrogen-bond acceptors (Lipinski definition) is 3. The van der Waals surface area contributed by atoms with Crippen LogP contribution in [0.3, 0.4) is 0 Å². The van der Waals surface area contributed by atoms with E-state index in [4.69, 9.17) is 4.74 Å². The quantitative estimate of drug-likeness (QED) is 0.857. The first-order valence-corrected chi connectivity index (χ1v) is 7.70. The van der Waals surface area contributed by atoms with E-state index in [0.29, 0.717) is 10.3 Å². The number of rotatable bonds is 1. The number of aromatic amines is 1. The summed E-state index contributed by atoms with van der Waals surface area (Å²) < 4.78 is 6.40. The molecule has 3 rings (SSSR count). The van der Waals surface area contributed by atoms with Gasteiger partial charge in [-0.15, -0.1) is 0 Å². The monoisotopic (exact) mass is 348 g/mol. The lowest BCUT2D eigenvalue weighted by atomic mass is 9.92. The molecule has 2 aromatic rings. The summed E-state index contributed by atoms with van der Waals surface area (Å²) in [6, 6.07) is 7.91. The molecule has 5 heteroatoms. The summed E-state index contributed by atoms with van der Waals surface area (Å²) in [4.78, 5) is 19.6. The van der Waals surface area contributed by atoms with Gasteiger partial charge in [0.2, 0.25) is 0 Å². The van der Waals surface area contributed by atoms with Gasteiger partial charge in [-0.3, -0.25) is 4.79 Å². The van der Waals surface area contributed by atoms with Crippen molar-refractivity contribution in [3.05, 3.63) is 56.2 Å². The molecule has 1 aromatic heterocycles. The largest absolute Gasteiger partial charge is 0.482 e. The molecular weight excluding hydrogens is 332 g/mol. The van der Waals surface area contributed by atoms with Gasteiger partial charge in [-0.1, -0.05) is 39.0 Å². The molecule has 1 aliphatic rings. The first-order chi connectivity index (χ1) is 9.86. The van der Waals surface area contributed by atoms with Crippen LogP contribution in [0.4, 0.5) is 0 Å². The summed E-state index contributed by atoms with van der Waals surface area (Å²) >= 11 is 3.34. The van der Waals surface area contributed by atoms with Crippen molar-refractivity contribution in [3.63, 3.8) is 0 Å². The highest BCUT2D eigenvalue weighted by atomic mass is 79.9. The van der Waals surface area contributed by atoms with E-state index in [2.05, 4.69) is 25.9 Å². The molecule has 1 aromatic carbocycles. The lowest BCUT2D eigenvalue weighted by Gasteiger charge is -2.21. The lowest BCUT2D eigenvalue weighted by molar-refractivity contribution is 0.226. The van der Waals surface area contributed by atoms with Gasteiger partial charge in [-0.25, -0.2) is 4.98 Å². The van der Waals surface area contributed by atoms with Crippen LogP contribution in [0.25, 0.3) is 0 Å². The highest BCUT2D eigenvalue weighted by Crippen LogP contribution is 2.35. The summed E-state index contributed by atoms with van der Waals surface area (Å²) in [5.41, 5.74) is 1.52. The van der Waals surface area contributed by atoms with E-state index in [0.717, 1.165) is 23.4 Å². The Morgan fingerprint density at radius 2 is 2.05 bits per heavy atom. The minimum Gasteiger partial charge on any atom is -0.482 e. The van der Waals surface area contributed by atoms with Crippen LogP contribution in [-0.4, -0.2) is 9.97 Å². The standard InChI is InChI=1S/C16H17BrN2O2/c1-16(2,3)13-12(17)15(20)19-14(18-13)11-8-9-6-4-5-7-10(9)21-11/h4-7,11H,8H2,1-3H3,(H,18,19,20). The SMILES string of the molecule is CC(C)(C)c1nc(C2Cc3ccccc3O2)[nH]c(=O)c1Br. The fourth-order valence-corrected chi connectivity index (χ4v) is 3.24. The Kier molecular flexibility index (Phi) is 3.40. The third-order valence-electron chi connectivity index (χ3n) is 3.54. The molecule has 4 nitrogen and oxygen atoms in total. The number of hydrogen-bond donors (Lipinski definition) is 1. The second-order valence-corrected chi connectivity index (χ2v) is 7.08. The molecule has 1 N–H and O–H groups in total. The number of benzene rings is 1. The van der Waals surface area contributed by atoms with Crippen molar-refractivity contribution in [2.45, 2.75) is 38.7 Å². The fourth-order valence-electron chi connectivity index (χ4n) is 2.46. The van der Waals surface area contributed by atoms with Gasteiger partial charge in [-0.05, 0) is 27.6 Å². The van der Waals surface area contributed by atoms with Crippen molar-refractivity contribution >= 4 is 15.9 Å². The van der Waals surface area contributed by atoms with E-state index in [-0.39, 0.29) is 17.1 Å². The maximum Gasteiger partial charge on any atom is 0.265 e. The average Bonchev–Trinajstić information content (AvgIpc) is 2.84. The van der Waals surface area contributed by atoms with Crippen LogP contribution in [-0.2, 0) is 11.8 Å². The average molecular weight is 349 g/mol. The number of ether oxygens (including phenoxy) is 1. The van der Waals surface area contributed by atoms with E-state index in [1.54, 1.807) is 0 Å². The first kappa shape index (κ1) is 14.3. The van der Waals surface area contributed by atoms with Crippen LogP contribution in [0.1, 0.15) is 44.0 Å². The molecular formula is C16H17BrN2O2. The summed E-state index contributed by atoms with van der Waals surface area (Å²) in [5.74, 6) is 1.45. The van der Waals surface area contributed by atoms with Gasteiger partial charge in [0.15, 0.2) is 11.9 Å². The summed E-state index contributed by atoms with van der Waals surface area (Å²) in [5, 5.41) is 0. The zero-order valence-electron chi connectivity index (χ0n) is 12.2. The van der Waals surface area contributed by atoms with Crippen LogP contribution in [0.2, 0.25) is 0 Å². The van der Waals surface area contributed by atoms with E-state index in [1.807, 2.05) is 45.0 Å². The molecule has 0 spiro atoms. The Bertz CT molecular complexity index is 722. The van der Waals surface area contributed by atoms with E-state index < -0.39 is 0 Å². The van der Waals surface area contributed by atoms with Gasteiger partial charge in [0.05, 0.1) is 5.69 Å². The molecule has 21 heavy (non-hydrogen) atoms. The Morgan fingerprint density at radius 3 is 2.71 bits per heavy atom. The number of fused-ring (bicyclic) bond motifs is 1. The highest BCUT2D eigenvalue weighted by Gasteiger charge is 2.29. The Balaban J connectivity index is 2.02. The van der Waals surface area contributed by atoms with Gasteiger partial charge < -0.3 is 9.72 Å². The third-order valence-corrected chi connectivity index (χ3v) is 4.28. The van der Waals surface area contributed by atoms with Crippen LogP contribution in [0, 0.1) is 0 Å². The molecule has 0 aliphatic carbocycles. The third kappa shape index (κ3) is 2.62. The molecule has 1 aliphatic heterocycles. The second-order valence-electron chi connectivity index (χ2n) is 6.28. The Hall–Kier alpha value is -1.62. The molecule has 0 fully saturated rings. The summed E-state index contributed by atoms with van der Waals surface area (Å²) in [6.07, 6.45) is 0.494. The van der Waals surface area contributed by atoms with Gasteiger partial charge in [0, 0.05) is 11.8 Å². The van der Waals surface area contributed by atoms with Gasteiger partial charge in [0.1, 0.15) is 10.2 Å². The Morgan fingerprint density at radius 1 is 1.33 bits per heavy atom. The van der Waals surface area contributed by atoms with Crippen LogP contribution in [0.15, 0.2) is 33.5 Å². The van der Waals surface area contributed by atoms with Crippen LogP contribution >= 0.6 is 15.9 Å². The maximum atomic E-state index is 12.1. The minimum absolute atomic E-state index is 0.163. The molecule has 110 valence electrons. The maximum absolute atomic E-state index is 12.1. The molecule has 1 atom stereocenters. The van der Waals surface area contributed by atoms with Gasteiger partial charge >= 0.3 is 0 Å². The summed E-state index contributed by atoms with van der Waals surface area (Å²) in [7, 11) is 0. The number of H-pyrrole nitrogens is 1.